The Morgan fingerprint density at radius 1 is 0.500 bits per heavy atom. The van der Waals surface area contributed by atoms with Gasteiger partial charge in [0.05, 0.1) is 0 Å². The van der Waals surface area contributed by atoms with Crippen molar-refractivity contribution in [3.63, 3.8) is 0 Å². The third-order valence-corrected chi connectivity index (χ3v) is 0. The molecule has 4 nitrogen and oxygen atoms in total. The van der Waals surface area contributed by atoms with Gasteiger partial charge in [0.1, 0.15) is 0 Å². The van der Waals surface area contributed by atoms with Gasteiger partial charge in [0, 0.05) is 20.4 Å². The monoisotopic (exact) mass is 275 g/mol. The molecule has 0 amide bonds. The largest absolute Gasteiger partial charge is 2.00 e. The molecule has 0 aliphatic rings. The van der Waals surface area contributed by atoms with Gasteiger partial charge in [0.25, 0.3) is 0 Å². The van der Waals surface area contributed by atoms with Gasteiger partial charge >= 0.3 is 29.6 Å². The van der Waals surface area contributed by atoms with Gasteiger partial charge in [-0.25, -0.2) is 0 Å². The van der Waals surface area contributed by atoms with Crippen LogP contribution in [0.5, 0.6) is 0 Å². The summed E-state index contributed by atoms with van der Waals surface area (Å²) in [6.07, 6.45) is 0. The Kier molecular flexibility index (Phi) is 2040. The number of hydrogen-bond donors (Lipinski definition) is 0. The maximum Gasteiger partial charge on any atom is 1.00 e. The van der Waals surface area contributed by atoms with Crippen molar-refractivity contribution in [1.29, 1.82) is 0 Å². The minimum atomic E-state index is 0. The van der Waals surface area contributed by atoms with Crippen LogP contribution in [0.15, 0.2) is 0 Å². The van der Waals surface area contributed by atoms with Crippen molar-refractivity contribution in [1.82, 2.24) is 0 Å². The molecule has 1 radical (unpaired) electrons. The fourth-order valence-electron chi connectivity index (χ4n) is 0. The zero-order valence-corrected chi connectivity index (χ0v) is 7.73. The van der Waals surface area contributed by atoms with E-state index in [2.05, 4.69) is 0 Å². The van der Waals surface area contributed by atoms with Crippen LogP contribution >= 0.6 is 0 Å². The van der Waals surface area contributed by atoms with E-state index in [0.717, 1.165) is 0 Å². The minimum Gasteiger partial charge on any atom is -2.00 e. The van der Waals surface area contributed by atoms with Gasteiger partial charge in [-0.05, 0) is 0 Å². The van der Waals surface area contributed by atoms with Crippen LogP contribution in [0.3, 0.4) is 0 Å². The van der Waals surface area contributed by atoms with Gasteiger partial charge in [0.15, 0.2) is 0 Å². The molecular weight excluding hydrogens is 275 g/mol. The molecule has 6 heavy (non-hydrogen) atoms. The van der Waals surface area contributed by atoms with Crippen LogP contribution in [0.25, 0.3) is 0 Å². The average Bonchev–Trinajstić information content (AvgIpc) is 0. The molecule has 0 aromatic carbocycles. The molecule has 0 rings (SSSR count). The number of hydrogen-bond acceptors (Lipinski definition) is 0. The second-order valence-electron chi connectivity index (χ2n) is 0. The van der Waals surface area contributed by atoms with E-state index in [1.54, 1.807) is 0 Å². The van der Waals surface area contributed by atoms with Crippen molar-refractivity contribution >= 4 is 0 Å². The third-order valence-electron chi connectivity index (χ3n) is 0. The summed E-state index contributed by atoms with van der Waals surface area (Å²) >= 11 is 0. The van der Waals surface area contributed by atoms with Gasteiger partial charge < -0.3 is 21.9 Å². The molecule has 0 aromatic heterocycles. The molecular formula is NaO4Re-7. The summed E-state index contributed by atoms with van der Waals surface area (Å²) in [6, 6.07) is 0. The molecule has 0 aliphatic heterocycles. The Hall–Kier alpha value is 1.50. The summed E-state index contributed by atoms with van der Waals surface area (Å²) in [4.78, 5) is 0. The fraction of sp³-hybridized carbons (Fsp3) is 0. The van der Waals surface area contributed by atoms with Gasteiger partial charge in [-0.15, -0.1) is 0 Å². The van der Waals surface area contributed by atoms with Crippen molar-refractivity contribution < 1.29 is 71.9 Å². The third kappa shape index (κ3) is 49.4. The molecule has 0 fully saturated rings. The Morgan fingerprint density at radius 2 is 0.500 bits per heavy atom. The second kappa shape index (κ2) is 87.2. The molecule has 0 atom stereocenters. The van der Waals surface area contributed by atoms with Crippen LogP contribution in [0.2, 0.25) is 0 Å². The van der Waals surface area contributed by atoms with Crippen molar-refractivity contribution in [2.24, 2.45) is 0 Å². The van der Waals surface area contributed by atoms with E-state index >= 15 is 0 Å². The smallest absolute Gasteiger partial charge is 1.00 e. The SMILES string of the molecule is [188Re].[Na+].[O-2].[O-2].[O-2].[O-2]. The van der Waals surface area contributed by atoms with E-state index in [1.807, 2.05) is 0 Å². The van der Waals surface area contributed by atoms with Gasteiger partial charge in [-0.2, -0.15) is 0 Å². The molecule has 0 aromatic rings. The molecule has 0 unspecified atom stereocenters. The predicted octanol–water partition coefficient (Wildman–Crippen LogP) is -3.47. The first-order valence-corrected chi connectivity index (χ1v) is 0. The minimum absolute atomic E-state index is 0. The first-order valence-electron chi connectivity index (χ1n) is 0. The summed E-state index contributed by atoms with van der Waals surface area (Å²) < 4.78 is 0. The van der Waals surface area contributed by atoms with Crippen molar-refractivity contribution in [3.8, 4) is 0 Å². The Bertz CT molecular complexity index is 7.51. The van der Waals surface area contributed by atoms with E-state index in [1.165, 1.54) is 0 Å². The van der Waals surface area contributed by atoms with E-state index in [9.17, 15) is 0 Å². The van der Waals surface area contributed by atoms with Crippen LogP contribution < -0.4 is 29.6 Å². The second-order valence-corrected chi connectivity index (χ2v) is 0. The molecule has 0 saturated carbocycles. The van der Waals surface area contributed by atoms with E-state index < -0.39 is 0 Å². The fourth-order valence-corrected chi connectivity index (χ4v) is 0. The summed E-state index contributed by atoms with van der Waals surface area (Å²) in [5.41, 5.74) is 0. The summed E-state index contributed by atoms with van der Waals surface area (Å²) in [5, 5.41) is 0. The maximum absolute atomic E-state index is 0. The standard InChI is InChI=1S/Na.4O.Re/q+1;4*-2;/i;;;;;1+2. The Morgan fingerprint density at radius 3 is 0.500 bits per heavy atom. The normalized spacial score (nSPS) is 0. The molecule has 6 heteroatoms. The van der Waals surface area contributed by atoms with Crippen LogP contribution in [-0.2, 0) is 42.3 Å². The average molecular weight is 275 g/mol. The first-order chi connectivity index (χ1) is 0. The van der Waals surface area contributed by atoms with Crippen molar-refractivity contribution in [2.75, 3.05) is 0 Å². The summed E-state index contributed by atoms with van der Waals surface area (Å²) in [6.45, 7) is 0. The predicted molar refractivity (Wildman–Crippen MR) is 2.75 cm³/mol. The number of rotatable bonds is 0. The Labute approximate surface area is 71.5 Å². The van der Waals surface area contributed by atoms with Crippen LogP contribution in [0.4, 0.5) is 0 Å². The van der Waals surface area contributed by atoms with Gasteiger partial charge in [-0.1, -0.05) is 0 Å². The maximum atomic E-state index is 0. The Balaban J connectivity index is 0. The molecule has 0 spiro atoms. The van der Waals surface area contributed by atoms with Gasteiger partial charge in [-0.3, -0.25) is 0 Å². The molecule has 0 heterocycles. The van der Waals surface area contributed by atoms with Crippen LogP contribution in [0.1, 0.15) is 0 Å². The summed E-state index contributed by atoms with van der Waals surface area (Å²) in [7, 11) is 0. The topological polar surface area (TPSA) is 114 Å². The van der Waals surface area contributed by atoms with Crippen LogP contribution in [-0.4, -0.2) is 0 Å². The molecule has 0 saturated heterocycles. The van der Waals surface area contributed by atoms with E-state index in [4.69, 9.17) is 0 Å². The zero-order valence-electron chi connectivity index (χ0n) is 3.01. The molecule has 0 N–H and O–H groups in total. The van der Waals surface area contributed by atoms with Crippen molar-refractivity contribution in [2.45, 2.75) is 0 Å². The quantitative estimate of drug-likeness (QED) is 0.409. The van der Waals surface area contributed by atoms with Crippen LogP contribution in [0, 0.1) is 0 Å². The first kappa shape index (κ1) is 141. The van der Waals surface area contributed by atoms with E-state index in [0.29, 0.717) is 0 Å². The molecule has 39 valence electrons. The molecule has 0 bridgehead atoms. The zero-order chi connectivity index (χ0) is 0. The van der Waals surface area contributed by atoms with E-state index in [-0.39, 0.29) is 71.9 Å². The van der Waals surface area contributed by atoms with Crippen molar-refractivity contribution in [3.05, 3.63) is 0 Å². The molecule has 0 aliphatic carbocycles. The summed E-state index contributed by atoms with van der Waals surface area (Å²) in [5.74, 6) is 0. The van der Waals surface area contributed by atoms with Gasteiger partial charge in [0.2, 0.25) is 0 Å².